The van der Waals surface area contributed by atoms with Crippen LogP contribution in [0.2, 0.25) is 0 Å². The number of amides is 1. The second-order valence-corrected chi connectivity index (χ2v) is 11.6. The molecule has 0 aliphatic carbocycles. The second-order valence-electron chi connectivity index (χ2n) is 10.5. The molecule has 7 heteroatoms. The third kappa shape index (κ3) is 6.64. The topological polar surface area (TPSA) is 84.2 Å². The fraction of sp³-hybridized carbons (Fsp3) is 0.323. The van der Waals surface area contributed by atoms with E-state index in [9.17, 15) is 14.7 Å². The van der Waals surface area contributed by atoms with Crippen LogP contribution in [-0.4, -0.2) is 38.8 Å². The fourth-order valence-electron chi connectivity index (χ4n) is 4.71. The van der Waals surface area contributed by atoms with E-state index in [4.69, 9.17) is 4.98 Å². The number of nitrogens with zero attached hydrogens (tertiary/aromatic N) is 2. The maximum Gasteiger partial charge on any atom is 0.327 e. The van der Waals surface area contributed by atoms with Crippen LogP contribution in [0.1, 0.15) is 50.3 Å². The van der Waals surface area contributed by atoms with Gasteiger partial charge in [-0.2, -0.15) is 0 Å². The predicted molar refractivity (Wildman–Crippen MR) is 154 cm³/mol. The van der Waals surface area contributed by atoms with E-state index in [0.29, 0.717) is 23.9 Å². The molecule has 1 heterocycles. The van der Waals surface area contributed by atoms with Crippen molar-refractivity contribution in [1.29, 1.82) is 0 Å². The van der Waals surface area contributed by atoms with E-state index in [-0.39, 0.29) is 11.8 Å². The molecule has 4 rings (SSSR count). The van der Waals surface area contributed by atoms with Crippen molar-refractivity contribution in [3.63, 3.8) is 0 Å². The predicted octanol–water partition coefficient (Wildman–Crippen LogP) is 6.33. The first-order chi connectivity index (χ1) is 18.3. The molecule has 0 saturated heterocycles. The molecule has 0 aliphatic rings. The number of benzene rings is 3. The molecule has 2 N–H and O–H groups in total. The van der Waals surface area contributed by atoms with Crippen LogP contribution in [0.4, 0.5) is 0 Å². The zero-order valence-corrected chi connectivity index (χ0v) is 22.9. The number of fused-ring (bicyclic) bond motifs is 1. The second kappa shape index (κ2) is 12.3. The molecule has 0 aliphatic heterocycles. The Kier molecular flexibility index (Phi) is 8.89. The van der Waals surface area contributed by atoms with Gasteiger partial charge in [-0.05, 0) is 41.5 Å². The van der Waals surface area contributed by atoms with Crippen molar-refractivity contribution in [2.24, 2.45) is 5.41 Å². The summed E-state index contributed by atoms with van der Waals surface area (Å²) in [6.45, 7) is 6.33. The molecule has 1 aromatic heterocycles. The Morgan fingerprint density at radius 1 is 0.947 bits per heavy atom. The number of carbonyl (C=O) groups excluding carboxylic acids is 1. The van der Waals surface area contributed by atoms with Crippen LogP contribution < -0.4 is 5.32 Å². The van der Waals surface area contributed by atoms with Crippen molar-refractivity contribution in [3.05, 3.63) is 96.1 Å². The highest BCUT2D eigenvalue weighted by Crippen LogP contribution is 2.37. The van der Waals surface area contributed by atoms with E-state index < -0.39 is 17.4 Å². The summed E-state index contributed by atoms with van der Waals surface area (Å²) in [5.74, 6) is -0.427. The van der Waals surface area contributed by atoms with Gasteiger partial charge in [0.05, 0.1) is 17.0 Å². The van der Waals surface area contributed by atoms with Crippen molar-refractivity contribution in [3.8, 4) is 0 Å². The molecule has 0 bridgehead atoms. The zero-order chi connectivity index (χ0) is 27.1. The maximum absolute atomic E-state index is 13.2. The van der Waals surface area contributed by atoms with Gasteiger partial charge in [-0.3, -0.25) is 4.79 Å². The van der Waals surface area contributed by atoms with Gasteiger partial charge < -0.3 is 15.0 Å². The van der Waals surface area contributed by atoms with Crippen molar-refractivity contribution < 1.29 is 14.7 Å². The Labute approximate surface area is 228 Å². The van der Waals surface area contributed by atoms with E-state index in [2.05, 4.69) is 5.32 Å². The number of aromatic nitrogens is 2. The van der Waals surface area contributed by atoms with Crippen molar-refractivity contribution >= 4 is 34.7 Å². The fourth-order valence-corrected chi connectivity index (χ4v) is 5.69. The summed E-state index contributed by atoms with van der Waals surface area (Å²) in [6, 6.07) is 26.9. The van der Waals surface area contributed by atoms with Gasteiger partial charge in [-0.25, -0.2) is 9.78 Å². The normalized spacial score (nSPS) is 13.2. The Bertz CT molecular complexity index is 1360. The van der Waals surface area contributed by atoms with E-state index in [0.717, 1.165) is 28.6 Å². The van der Waals surface area contributed by atoms with Crippen LogP contribution in [-0.2, 0) is 16.0 Å². The molecule has 0 spiro atoms. The summed E-state index contributed by atoms with van der Waals surface area (Å²) >= 11 is 1.53. The number of carboxylic acid groups (broad SMARTS) is 1. The monoisotopic (exact) mass is 529 g/mol. The Hall–Kier alpha value is -3.58. The zero-order valence-electron chi connectivity index (χ0n) is 22.1. The molecule has 0 fully saturated rings. The first-order valence-electron chi connectivity index (χ1n) is 12.9. The van der Waals surface area contributed by atoms with Crippen molar-refractivity contribution in [2.45, 2.75) is 50.7 Å². The summed E-state index contributed by atoms with van der Waals surface area (Å²) in [4.78, 5) is 30.3. The molecule has 4 aromatic rings. The molecule has 3 aromatic carbocycles. The minimum Gasteiger partial charge on any atom is -0.480 e. The lowest BCUT2D eigenvalue weighted by Crippen LogP contribution is -2.32. The first kappa shape index (κ1) is 27.5. The smallest absolute Gasteiger partial charge is 0.327 e. The minimum absolute atomic E-state index is 0.0102. The lowest BCUT2D eigenvalue weighted by molar-refractivity contribution is -0.144. The van der Waals surface area contributed by atoms with Gasteiger partial charge in [0.2, 0.25) is 5.91 Å². The lowest BCUT2D eigenvalue weighted by atomic mass is 9.86. The largest absolute Gasteiger partial charge is 0.480 e. The van der Waals surface area contributed by atoms with Gasteiger partial charge in [0.1, 0.15) is 6.04 Å². The molecule has 38 heavy (non-hydrogen) atoms. The van der Waals surface area contributed by atoms with E-state index in [1.165, 1.54) is 11.8 Å². The summed E-state index contributed by atoms with van der Waals surface area (Å²) < 4.78 is 1.85. The number of rotatable bonds is 11. The number of para-hydroxylation sites is 2. The number of hydrogen-bond donors (Lipinski definition) is 2. The van der Waals surface area contributed by atoms with Gasteiger partial charge in [0.25, 0.3) is 0 Å². The van der Waals surface area contributed by atoms with E-state index in [1.54, 1.807) is 0 Å². The van der Waals surface area contributed by atoms with Crippen molar-refractivity contribution in [1.82, 2.24) is 14.9 Å². The minimum atomic E-state index is -0.875. The van der Waals surface area contributed by atoms with Crippen LogP contribution in [0.5, 0.6) is 0 Å². The third-order valence-electron chi connectivity index (χ3n) is 6.53. The number of thioether (sulfide) groups is 1. The number of nitrogens with one attached hydrogen (secondary N) is 1. The molecule has 0 radical (unpaired) electrons. The number of hydrogen-bond acceptors (Lipinski definition) is 4. The van der Waals surface area contributed by atoms with Gasteiger partial charge in [-0.1, -0.05) is 105 Å². The summed E-state index contributed by atoms with van der Waals surface area (Å²) in [7, 11) is 0. The molecular weight excluding hydrogens is 494 g/mol. The van der Waals surface area contributed by atoms with E-state index >= 15 is 0 Å². The summed E-state index contributed by atoms with van der Waals surface area (Å²) in [5.41, 5.74) is 3.23. The summed E-state index contributed by atoms with van der Waals surface area (Å²) in [5, 5.41) is 13.9. The quantitative estimate of drug-likeness (QED) is 0.175. The molecule has 6 nitrogen and oxygen atoms in total. The number of carbonyl (C=O) groups is 2. The standard InChI is InChI=1S/C31H35N3O3S/c1-31(2,3)27(29(36)37)34-26-18-11-10-17-25(26)33-30(34)38-20-12-19-32-28(35)24(23-15-8-5-9-16-23)21-22-13-6-4-7-14-22/h4-11,13-18,24,27H,12,19-21H2,1-3H3,(H,32,35)(H,36,37). The Morgan fingerprint density at radius 2 is 1.58 bits per heavy atom. The molecule has 198 valence electrons. The lowest BCUT2D eigenvalue weighted by Gasteiger charge is -2.29. The average Bonchev–Trinajstić information content (AvgIpc) is 3.24. The number of carboxylic acids is 1. The molecule has 2 unspecified atom stereocenters. The molecule has 0 saturated carbocycles. The van der Waals surface area contributed by atoms with Crippen LogP contribution in [0.25, 0.3) is 11.0 Å². The highest BCUT2D eigenvalue weighted by atomic mass is 32.2. The van der Waals surface area contributed by atoms with Crippen LogP contribution >= 0.6 is 11.8 Å². The highest BCUT2D eigenvalue weighted by molar-refractivity contribution is 7.99. The molecular formula is C31H35N3O3S. The Balaban J connectivity index is 1.42. The van der Waals surface area contributed by atoms with Crippen LogP contribution in [0, 0.1) is 5.41 Å². The van der Waals surface area contributed by atoms with Gasteiger partial charge in [0.15, 0.2) is 5.16 Å². The van der Waals surface area contributed by atoms with Gasteiger partial charge >= 0.3 is 5.97 Å². The highest BCUT2D eigenvalue weighted by Gasteiger charge is 2.35. The average molecular weight is 530 g/mol. The van der Waals surface area contributed by atoms with Crippen LogP contribution in [0.15, 0.2) is 90.1 Å². The number of aliphatic carboxylic acids is 1. The maximum atomic E-state index is 13.2. The Morgan fingerprint density at radius 3 is 2.24 bits per heavy atom. The summed E-state index contributed by atoms with van der Waals surface area (Å²) in [6.07, 6.45) is 1.37. The number of imidazole rings is 1. The third-order valence-corrected chi connectivity index (χ3v) is 7.57. The van der Waals surface area contributed by atoms with Crippen molar-refractivity contribution in [2.75, 3.05) is 12.3 Å². The first-order valence-corrected chi connectivity index (χ1v) is 13.9. The van der Waals surface area contributed by atoms with Gasteiger partial charge in [0, 0.05) is 12.3 Å². The SMILES string of the molecule is CC(C)(C)C(C(=O)O)n1c(SCCCNC(=O)C(Cc2ccccc2)c2ccccc2)nc2ccccc21. The van der Waals surface area contributed by atoms with Crippen LogP contribution in [0.3, 0.4) is 0 Å². The molecule has 2 atom stereocenters. The molecule has 1 amide bonds. The van der Waals surface area contributed by atoms with E-state index in [1.807, 2.05) is 110 Å². The van der Waals surface area contributed by atoms with Gasteiger partial charge in [-0.15, -0.1) is 0 Å².